The second kappa shape index (κ2) is 7.46. The van der Waals surface area contributed by atoms with E-state index in [1.807, 2.05) is 0 Å². The Morgan fingerprint density at radius 1 is 1.16 bits per heavy atom. The monoisotopic (exact) mass is 258 g/mol. The van der Waals surface area contributed by atoms with Gasteiger partial charge in [0, 0.05) is 26.2 Å². The molecule has 0 unspecified atom stereocenters. The van der Waals surface area contributed by atoms with Gasteiger partial charge in [-0.05, 0) is 37.4 Å². The number of nitrogens with zero attached hydrogens (tertiary/aromatic N) is 1. The van der Waals surface area contributed by atoms with E-state index in [0.29, 0.717) is 0 Å². The second-order valence-electron chi connectivity index (χ2n) is 5.53. The fourth-order valence-electron chi connectivity index (χ4n) is 2.39. The summed E-state index contributed by atoms with van der Waals surface area (Å²) in [4.78, 5) is 2.51. The Labute approximate surface area is 117 Å². The molecule has 2 rings (SSSR count). The molecule has 0 aromatic heterocycles. The quantitative estimate of drug-likeness (QED) is 0.622. The molecule has 0 fully saturated rings. The standard InChI is InChI=1S/C17H26N2/c1-3-10-18-13-16-4-6-17(7-5-16)14-19-11-8-15(2)9-12-19/h4-8,18H,3,9-14H2,1-2H3. The van der Waals surface area contributed by atoms with E-state index in [1.165, 1.54) is 36.1 Å². The Balaban J connectivity index is 1.81. The van der Waals surface area contributed by atoms with Crippen molar-refractivity contribution < 1.29 is 0 Å². The minimum absolute atomic E-state index is 0.986. The normalized spacial score (nSPS) is 16.4. The Hall–Kier alpha value is -1.12. The maximum Gasteiger partial charge on any atom is 0.0237 e. The summed E-state index contributed by atoms with van der Waals surface area (Å²) in [6.45, 7) is 9.89. The Kier molecular flexibility index (Phi) is 5.62. The highest BCUT2D eigenvalue weighted by molar-refractivity contribution is 5.22. The van der Waals surface area contributed by atoms with Gasteiger partial charge in [0.25, 0.3) is 0 Å². The molecule has 0 bridgehead atoms. The summed E-state index contributed by atoms with van der Waals surface area (Å²) in [5.41, 5.74) is 4.34. The van der Waals surface area contributed by atoms with Crippen LogP contribution in [0.15, 0.2) is 35.9 Å². The minimum atomic E-state index is 0.986. The molecule has 0 aliphatic carbocycles. The highest BCUT2D eigenvalue weighted by Gasteiger charge is 2.09. The van der Waals surface area contributed by atoms with Crippen molar-refractivity contribution >= 4 is 0 Å². The van der Waals surface area contributed by atoms with Crippen molar-refractivity contribution in [3.05, 3.63) is 47.0 Å². The molecule has 1 N–H and O–H groups in total. The van der Waals surface area contributed by atoms with Gasteiger partial charge in [0.1, 0.15) is 0 Å². The van der Waals surface area contributed by atoms with Crippen molar-refractivity contribution in [1.82, 2.24) is 10.2 Å². The predicted octanol–water partition coefficient (Wildman–Crippen LogP) is 3.34. The molecule has 1 aromatic rings. The van der Waals surface area contributed by atoms with Crippen molar-refractivity contribution in [2.45, 2.75) is 39.8 Å². The molecule has 2 heteroatoms. The number of nitrogens with one attached hydrogen (secondary N) is 1. The van der Waals surface area contributed by atoms with Crippen LogP contribution in [-0.2, 0) is 13.1 Å². The summed E-state index contributed by atoms with van der Waals surface area (Å²) in [6, 6.07) is 9.05. The summed E-state index contributed by atoms with van der Waals surface area (Å²) in [6.07, 6.45) is 4.77. The molecule has 1 aliphatic heterocycles. The molecular weight excluding hydrogens is 232 g/mol. The first-order valence-electron chi connectivity index (χ1n) is 7.44. The van der Waals surface area contributed by atoms with Gasteiger partial charge in [0.15, 0.2) is 0 Å². The molecule has 0 atom stereocenters. The molecule has 1 aliphatic rings. The molecule has 104 valence electrons. The SMILES string of the molecule is CCCNCc1ccc(CN2CC=C(C)CC2)cc1. The lowest BCUT2D eigenvalue weighted by molar-refractivity contribution is 0.286. The highest BCUT2D eigenvalue weighted by Crippen LogP contribution is 2.13. The van der Waals surface area contributed by atoms with E-state index < -0.39 is 0 Å². The zero-order valence-corrected chi connectivity index (χ0v) is 12.3. The first-order chi connectivity index (χ1) is 9.28. The number of benzene rings is 1. The van der Waals surface area contributed by atoms with Gasteiger partial charge in [-0.2, -0.15) is 0 Å². The summed E-state index contributed by atoms with van der Waals surface area (Å²) >= 11 is 0. The van der Waals surface area contributed by atoms with Gasteiger partial charge in [-0.25, -0.2) is 0 Å². The maximum absolute atomic E-state index is 3.44. The third-order valence-corrected chi connectivity index (χ3v) is 3.71. The lowest BCUT2D eigenvalue weighted by Gasteiger charge is -2.25. The zero-order valence-electron chi connectivity index (χ0n) is 12.3. The van der Waals surface area contributed by atoms with Crippen LogP contribution in [0.4, 0.5) is 0 Å². The van der Waals surface area contributed by atoms with E-state index in [2.05, 4.69) is 54.4 Å². The largest absolute Gasteiger partial charge is 0.313 e. The van der Waals surface area contributed by atoms with Crippen molar-refractivity contribution in [3.8, 4) is 0 Å². The van der Waals surface area contributed by atoms with Crippen molar-refractivity contribution in [1.29, 1.82) is 0 Å². The molecule has 19 heavy (non-hydrogen) atoms. The minimum Gasteiger partial charge on any atom is -0.313 e. The van der Waals surface area contributed by atoms with Gasteiger partial charge in [0.2, 0.25) is 0 Å². The molecule has 0 radical (unpaired) electrons. The molecule has 0 spiro atoms. The lowest BCUT2D eigenvalue weighted by Crippen LogP contribution is -2.27. The first kappa shape index (κ1) is 14.3. The van der Waals surface area contributed by atoms with Gasteiger partial charge >= 0.3 is 0 Å². The van der Waals surface area contributed by atoms with Crippen molar-refractivity contribution in [2.75, 3.05) is 19.6 Å². The third-order valence-electron chi connectivity index (χ3n) is 3.71. The van der Waals surface area contributed by atoms with Crippen molar-refractivity contribution in [3.63, 3.8) is 0 Å². The van der Waals surface area contributed by atoms with E-state index in [0.717, 1.165) is 26.2 Å². The number of hydrogen-bond donors (Lipinski definition) is 1. The van der Waals surface area contributed by atoms with Gasteiger partial charge in [-0.3, -0.25) is 4.90 Å². The lowest BCUT2D eigenvalue weighted by atomic mass is 10.1. The van der Waals surface area contributed by atoms with Crippen LogP contribution in [0.3, 0.4) is 0 Å². The van der Waals surface area contributed by atoms with Gasteiger partial charge < -0.3 is 5.32 Å². The van der Waals surface area contributed by atoms with E-state index >= 15 is 0 Å². The fourth-order valence-corrected chi connectivity index (χ4v) is 2.39. The molecule has 2 nitrogen and oxygen atoms in total. The molecule has 0 saturated carbocycles. The van der Waals surface area contributed by atoms with Crippen LogP contribution in [0.1, 0.15) is 37.8 Å². The second-order valence-corrected chi connectivity index (χ2v) is 5.53. The predicted molar refractivity (Wildman–Crippen MR) is 82.1 cm³/mol. The number of hydrogen-bond acceptors (Lipinski definition) is 2. The Morgan fingerprint density at radius 3 is 2.53 bits per heavy atom. The summed E-state index contributed by atoms with van der Waals surface area (Å²) < 4.78 is 0. The van der Waals surface area contributed by atoms with E-state index in [4.69, 9.17) is 0 Å². The average molecular weight is 258 g/mol. The molecule has 1 heterocycles. The third kappa shape index (κ3) is 4.81. The zero-order chi connectivity index (χ0) is 13.5. The van der Waals surface area contributed by atoms with Crippen LogP contribution in [0, 0.1) is 0 Å². The van der Waals surface area contributed by atoms with E-state index in [1.54, 1.807) is 0 Å². The van der Waals surface area contributed by atoms with Gasteiger partial charge in [0.05, 0.1) is 0 Å². The molecule has 0 saturated heterocycles. The highest BCUT2D eigenvalue weighted by atomic mass is 15.1. The smallest absolute Gasteiger partial charge is 0.0237 e. The fraction of sp³-hybridized carbons (Fsp3) is 0.529. The van der Waals surface area contributed by atoms with Gasteiger partial charge in [-0.15, -0.1) is 0 Å². The topological polar surface area (TPSA) is 15.3 Å². The Morgan fingerprint density at radius 2 is 1.89 bits per heavy atom. The first-order valence-corrected chi connectivity index (χ1v) is 7.44. The summed E-state index contributed by atoms with van der Waals surface area (Å²) in [7, 11) is 0. The van der Waals surface area contributed by atoms with Crippen LogP contribution in [0.25, 0.3) is 0 Å². The van der Waals surface area contributed by atoms with Crippen LogP contribution < -0.4 is 5.32 Å². The van der Waals surface area contributed by atoms with E-state index in [9.17, 15) is 0 Å². The van der Waals surface area contributed by atoms with Crippen LogP contribution in [-0.4, -0.2) is 24.5 Å². The van der Waals surface area contributed by atoms with Crippen LogP contribution >= 0.6 is 0 Å². The molecule has 1 aromatic carbocycles. The van der Waals surface area contributed by atoms with Crippen LogP contribution in [0.5, 0.6) is 0 Å². The van der Waals surface area contributed by atoms with Crippen molar-refractivity contribution in [2.24, 2.45) is 0 Å². The Bertz CT molecular complexity index is 406. The summed E-state index contributed by atoms with van der Waals surface area (Å²) in [5.74, 6) is 0. The summed E-state index contributed by atoms with van der Waals surface area (Å²) in [5, 5.41) is 3.44. The maximum atomic E-state index is 3.44. The van der Waals surface area contributed by atoms with Crippen LogP contribution in [0.2, 0.25) is 0 Å². The van der Waals surface area contributed by atoms with Gasteiger partial charge in [-0.1, -0.05) is 42.8 Å². The molecule has 0 amide bonds. The van der Waals surface area contributed by atoms with E-state index in [-0.39, 0.29) is 0 Å². The molecular formula is C17H26N2. The average Bonchev–Trinajstić information content (AvgIpc) is 2.44. The number of rotatable bonds is 6.